The molecular weight excluding hydrogens is 407 g/mol. The molecule has 3 rings (SSSR count). The van der Waals surface area contributed by atoms with Crippen LogP contribution in [0.3, 0.4) is 0 Å². The number of nitrogens with one attached hydrogen (secondary N) is 2. The standard InChI is InChI=1S/C19H17F5N6/c1-18(2,3)30-17-28-15(13-5-4-6-14(26-13)19(22,23)24)27-16(29-17)25-12-8-10(20)7-11(21)9-12/h4-9H,1-3H3,(H2,25,27,28,29,30). The zero-order valence-corrected chi connectivity index (χ0v) is 16.1. The molecule has 11 heteroatoms. The van der Waals surface area contributed by atoms with E-state index in [0.29, 0.717) is 6.07 Å². The maximum Gasteiger partial charge on any atom is 0.433 e. The summed E-state index contributed by atoms with van der Waals surface area (Å²) in [6.45, 7) is 5.48. The van der Waals surface area contributed by atoms with Crippen LogP contribution >= 0.6 is 0 Å². The third-order valence-corrected chi connectivity index (χ3v) is 3.51. The second-order valence-corrected chi connectivity index (χ2v) is 7.37. The van der Waals surface area contributed by atoms with Crippen LogP contribution in [0.5, 0.6) is 0 Å². The number of hydrogen-bond donors (Lipinski definition) is 2. The second-order valence-electron chi connectivity index (χ2n) is 7.37. The van der Waals surface area contributed by atoms with Crippen LogP contribution in [0.2, 0.25) is 0 Å². The van der Waals surface area contributed by atoms with Gasteiger partial charge in [-0.1, -0.05) is 6.07 Å². The third-order valence-electron chi connectivity index (χ3n) is 3.51. The van der Waals surface area contributed by atoms with Crippen molar-refractivity contribution in [2.75, 3.05) is 10.6 Å². The van der Waals surface area contributed by atoms with Crippen LogP contribution in [-0.4, -0.2) is 25.5 Å². The molecule has 0 aliphatic rings. The summed E-state index contributed by atoms with van der Waals surface area (Å²) in [5, 5.41) is 5.62. The molecule has 0 bridgehead atoms. The van der Waals surface area contributed by atoms with E-state index >= 15 is 0 Å². The Morgan fingerprint density at radius 3 is 2.03 bits per heavy atom. The molecule has 0 fully saturated rings. The number of pyridine rings is 1. The van der Waals surface area contributed by atoms with Crippen molar-refractivity contribution in [2.45, 2.75) is 32.5 Å². The smallest absolute Gasteiger partial charge is 0.349 e. The Morgan fingerprint density at radius 1 is 0.800 bits per heavy atom. The lowest BCUT2D eigenvalue weighted by Crippen LogP contribution is -2.27. The summed E-state index contributed by atoms with van der Waals surface area (Å²) in [6, 6.07) is 6.06. The lowest BCUT2D eigenvalue weighted by Gasteiger charge is -2.21. The molecule has 6 nitrogen and oxygen atoms in total. The number of nitrogens with zero attached hydrogens (tertiary/aromatic N) is 4. The van der Waals surface area contributed by atoms with E-state index in [9.17, 15) is 22.0 Å². The van der Waals surface area contributed by atoms with Crippen molar-refractivity contribution in [2.24, 2.45) is 0 Å². The molecule has 2 aromatic heterocycles. The van der Waals surface area contributed by atoms with E-state index in [1.807, 2.05) is 20.8 Å². The fraction of sp³-hybridized carbons (Fsp3) is 0.263. The predicted molar refractivity (Wildman–Crippen MR) is 101 cm³/mol. The molecule has 0 aliphatic heterocycles. The zero-order valence-electron chi connectivity index (χ0n) is 16.1. The zero-order chi connectivity index (χ0) is 22.1. The van der Waals surface area contributed by atoms with E-state index in [2.05, 4.69) is 30.6 Å². The first-order valence-corrected chi connectivity index (χ1v) is 8.71. The monoisotopic (exact) mass is 424 g/mol. The van der Waals surface area contributed by atoms with E-state index in [1.54, 1.807) is 0 Å². The number of aromatic nitrogens is 4. The molecule has 0 spiro atoms. The van der Waals surface area contributed by atoms with Crippen LogP contribution in [0.4, 0.5) is 39.5 Å². The van der Waals surface area contributed by atoms with Gasteiger partial charge >= 0.3 is 6.18 Å². The Labute approximate surface area is 168 Å². The van der Waals surface area contributed by atoms with Crippen molar-refractivity contribution in [1.29, 1.82) is 0 Å². The molecule has 158 valence electrons. The van der Waals surface area contributed by atoms with Gasteiger partial charge < -0.3 is 10.6 Å². The fourth-order valence-electron chi connectivity index (χ4n) is 2.41. The molecule has 0 atom stereocenters. The largest absolute Gasteiger partial charge is 0.433 e. The van der Waals surface area contributed by atoms with Crippen LogP contribution in [0.25, 0.3) is 11.5 Å². The Kier molecular flexibility index (Phi) is 5.55. The predicted octanol–water partition coefficient (Wildman–Crippen LogP) is 5.18. The van der Waals surface area contributed by atoms with E-state index < -0.39 is 29.0 Å². The van der Waals surface area contributed by atoms with Crippen LogP contribution in [0.1, 0.15) is 26.5 Å². The Balaban J connectivity index is 2.06. The van der Waals surface area contributed by atoms with Crippen molar-refractivity contribution in [3.63, 3.8) is 0 Å². The molecule has 0 aliphatic carbocycles. The number of benzene rings is 1. The van der Waals surface area contributed by atoms with Crippen molar-refractivity contribution in [3.05, 3.63) is 53.7 Å². The van der Waals surface area contributed by atoms with Crippen LogP contribution in [0, 0.1) is 11.6 Å². The van der Waals surface area contributed by atoms with Gasteiger partial charge in [0, 0.05) is 17.3 Å². The highest BCUT2D eigenvalue weighted by Gasteiger charge is 2.32. The number of rotatable bonds is 4. The van der Waals surface area contributed by atoms with E-state index in [4.69, 9.17) is 0 Å². The fourth-order valence-corrected chi connectivity index (χ4v) is 2.41. The molecule has 0 unspecified atom stereocenters. The van der Waals surface area contributed by atoms with Crippen LogP contribution in [-0.2, 0) is 6.18 Å². The molecule has 0 saturated heterocycles. The summed E-state index contributed by atoms with van der Waals surface area (Å²) < 4.78 is 66.0. The molecular formula is C19H17F5N6. The van der Waals surface area contributed by atoms with Gasteiger partial charge in [0.1, 0.15) is 23.0 Å². The van der Waals surface area contributed by atoms with Gasteiger partial charge in [0.25, 0.3) is 0 Å². The average molecular weight is 424 g/mol. The molecule has 3 aromatic rings. The average Bonchev–Trinajstić information content (AvgIpc) is 2.58. The van der Waals surface area contributed by atoms with Gasteiger partial charge in [0.05, 0.1) is 0 Å². The van der Waals surface area contributed by atoms with Crippen LogP contribution < -0.4 is 10.6 Å². The molecule has 1 aromatic carbocycles. The van der Waals surface area contributed by atoms with Crippen molar-refractivity contribution in [1.82, 2.24) is 19.9 Å². The van der Waals surface area contributed by atoms with Crippen molar-refractivity contribution in [3.8, 4) is 11.5 Å². The summed E-state index contributed by atoms with van der Waals surface area (Å²) in [4.78, 5) is 15.9. The van der Waals surface area contributed by atoms with Gasteiger partial charge in [-0.05, 0) is 45.0 Å². The minimum absolute atomic E-state index is 0.0170. The summed E-state index contributed by atoms with van der Waals surface area (Å²) in [5.41, 5.74) is -1.71. The Hall–Kier alpha value is -3.37. The Morgan fingerprint density at radius 2 is 1.43 bits per heavy atom. The normalized spacial score (nSPS) is 12.0. The summed E-state index contributed by atoms with van der Waals surface area (Å²) in [7, 11) is 0. The number of alkyl halides is 3. The first kappa shape index (κ1) is 21.3. The second kappa shape index (κ2) is 7.81. The third kappa shape index (κ3) is 5.58. The van der Waals surface area contributed by atoms with Gasteiger partial charge in [-0.25, -0.2) is 13.8 Å². The highest BCUT2D eigenvalue weighted by Crippen LogP contribution is 2.29. The lowest BCUT2D eigenvalue weighted by atomic mass is 10.1. The quantitative estimate of drug-likeness (QED) is 0.562. The van der Waals surface area contributed by atoms with Crippen molar-refractivity contribution >= 4 is 17.6 Å². The molecule has 30 heavy (non-hydrogen) atoms. The lowest BCUT2D eigenvalue weighted by molar-refractivity contribution is -0.141. The minimum Gasteiger partial charge on any atom is -0.349 e. The minimum atomic E-state index is -4.64. The molecule has 0 saturated carbocycles. The van der Waals surface area contributed by atoms with Gasteiger partial charge in [0.2, 0.25) is 11.9 Å². The number of hydrogen-bond acceptors (Lipinski definition) is 6. The number of anilines is 3. The van der Waals surface area contributed by atoms with E-state index in [-0.39, 0.29) is 29.1 Å². The molecule has 0 amide bonds. The maximum absolute atomic E-state index is 13.5. The van der Waals surface area contributed by atoms with Gasteiger partial charge in [-0.15, -0.1) is 0 Å². The topological polar surface area (TPSA) is 75.6 Å². The Bertz CT molecular complexity index is 1040. The summed E-state index contributed by atoms with van der Waals surface area (Å²) in [5.74, 6) is -1.87. The van der Waals surface area contributed by atoms with E-state index in [0.717, 1.165) is 18.2 Å². The summed E-state index contributed by atoms with van der Waals surface area (Å²) in [6.07, 6.45) is -4.64. The van der Waals surface area contributed by atoms with Gasteiger partial charge in [0.15, 0.2) is 5.82 Å². The highest BCUT2D eigenvalue weighted by molar-refractivity contribution is 5.59. The molecule has 0 radical (unpaired) electrons. The first-order chi connectivity index (χ1) is 13.9. The van der Waals surface area contributed by atoms with Gasteiger partial charge in [-0.2, -0.15) is 28.1 Å². The van der Waals surface area contributed by atoms with E-state index in [1.165, 1.54) is 12.1 Å². The highest BCUT2D eigenvalue weighted by atomic mass is 19.4. The number of halogens is 5. The molecule has 2 heterocycles. The SMILES string of the molecule is CC(C)(C)Nc1nc(Nc2cc(F)cc(F)c2)nc(-c2cccc(C(F)(F)F)n2)n1. The summed E-state index contributed by atoms with van der Waals surface area (Å²) >= 11 is 0. The van der Waals surface area contributed by atoms with Crippen LogP contribution in [0.15, 0.2) is 36.4 Å². The van der Waals surface area contributed by atoms with Gasteiger partial charge in [-0.3, -0.25) is 0 Å². The molecule has 2 N–H and O–H groups in total. The first-order valence-electron chi connectivity index (χ1n) is 8.71. The van der Waals surface area contributed by atoms with Crippen molar-refractivity contribution < 1.29 is 22.0 Å². The maximum atomic E-state index is 13.5.